The summed E-state index contributed by atoms with van der Waals surface area (Å²) < 4.78 is 0.917. The lowest BCUT2D eigenvalue weighted by Crippen LogP contribution is -2.67. The number of nitrogens with zero attached hydrogens (tertiary/aromatic N) is 2. The number of rotatable bonds is 6. The molecule has 0 aromatic heterocycles. The first-order valence-corrected chi connectivity index (χ1v) is 9.49. The van der Waals surface area contributed by atoms with Gasteiger partial charge >= 0.3 is 5.91 Å². The van der Waals surface area contributed by atoms with Crippen molar-refractivity contribution in [3.63, 3.8) is 0 Å². The second-order valence-electron chi connectivity index (χ2n) is 6.69. The molecular weight excluding hydrogens is 336 g/mol. The molecule has 1 amide bonds. The van der Waals surface area contributed by atoms with Crippen LogP contribution in [0, 0.1) is 5.21 Å². The summed E-state index contributed by atoms with van der Waals surface area (Å²) in [5, 5.41) is 13.4. The van der Waals surface area contributed by atoms with Crippen molar-refractivity contribution in [2.75, 3.05) is 13.1 Å². The van der Waals surface area contributed by atoms with Gasteiger partial charge in [-0.1, -0.05) is 54.6 Å². The molecule has 0 saturated carbocycles. The van der Waals surface area contributed by atoms with Crippen LogP contribution in [-0.2, 0) is 4.79 Å². The fraction of sp³-hybridized carbons (Fsp3) is 0.304. The van der Waals surface area contributed by atoms with Gasteiger partial charge in [0.15, 0.2) is 0 Å². The standard InChI is InChI=1S/C23H26N2O2/c1-4-17-23(22(26)24(5-2)6-3)20(18-13-9-7-10-14-18)21(25(23)27)19-15-11-8-12-16-19/h4,7-17,20H,5-6H2,1-3H3/b17-4+/t20-,23-/m0/s1. The van der Waals surface area contributed by atoms with E-state index in [9.17, 15) is 10.0 Å². The third kappa shape index (κ3) is 2.95. The Morgan fingerprint density at radius 1 is 1.07 bits per heavy atom. The van der Waals surface area contributed by atoms with Gasteiger partial charge in [0.1, 0.15) is 5.92 Å². The molecule has 140 valence electrons. The first-order valence-electron chi connectivity index (χ1n) is 9.49. The Morgan fingerprint density at radius 3 is 2.15 bits per heavy atom. The molecule has 4 heteroatoms. The summed E-state index contributed by atoms with van der Waals surface area (Å²) in [5.41, 5.74) is 1.23. The average molecular weight is 362 g/mol. The van der Waals surface area contributed by atoms with E-state index in [2.05, 4.69) is 0 Å². The number of carbonyl (C=O) groups excluding carboxylic acids is 1. The van der Waals surface area contributed by atoms with Crippen molar-refractivity contribution >= 4 is 11.6 Å². The lowest BCUT2D eigenvalue weighted by atomic mass is 9.67. The van der Waals surface area contributed by atoms with Crippen LogP contribution >= 0.6 is 0 Å². The number of amides is 1. The predicted octanol–water partition coefficient (Wildman–Crippen LogP) is 3.97. The fourth-order valence-electron chi connectivity index (χ4n) is 3.99. The number of benzene rings is 2. The zero-order valence-corrected chi connectivity index (χ0v) is 16.1. The molecule has 2 aromatic rings. The SMILES string of the molecule is C/C=C/[C@@]1(C(=O)N(CC)CC)[C@@H](c2ccccc2)C(c2ccccc2)=[N+]1[O-]. The summed E-state index contributed by atoms with van der Waals surface area (Å²) in [6, 6.07) is 19.5. The fourth-order valence-corrected chi connectivity index (χ4v) is 3.99. The van der Waals surface area contributed by atoms with Crippen LogP contribution in [0.5, 0.6) is 0 Å². The van der Waals surface area contributed by atoms with Crippen LogP contribution < -0.4 is 0 Å². The second kappa shape index (κ2) is 7.78. The van der Waals surface area contributed by atoms with Gasteiger partial charge in [-0.2, -0.15) is 4.74 Å². The molecule has 0 unspecified atom stereocenters. The highest BCUT2D eigenvalue weighted by Crippen LogP contribution is 2.45. The molecule has 1 aliphatic heterocycles. The van der Waals surface area contributed by atoms with Gasteiger partial charge in [-0.05, 0) is 44.5 Å². The lowest BCUT2D eigenvalue weighted by molar-refractivity contribution is -0.552. The van der Waals surface area contributed by atoms with Crippen molar-refractivity contribution < 1.29 is 9.53 Å². The van der Waals surface area contributed by atoms with Crippen LogP contribution in [-0.4, -0.2) is 39.9 Å². The Bertz CT molecular complexity index is 854. The highest BCUT2D eigenvalue weighted by Gasteiger charge is 2.66. The average Bonchev–Trinajstić information content (AvgIpc) is 2.71. The zero-order chi connectivity index (χ0) is 19.4. The Hall–Kier alpha value is -2.88. The molecule has 2 atom stereocenters. The Morgan fingerprint density at radius 2 is 1.63 bits per heavy atom. The van der Waals surface area contributed by atoms with E-state index in [1.165, 1.54) is 0 Å². The molecule has 27 heavy (non-hydrogen) atoms. The molecule has 0 radical (unpaired) electrons. The minimum absolute atomic E-state index is 0.144. The molecule has 0 bridgehead atoms. The summed E-state index contributed by atoms with van der Waals surface area (Å²) in [7, 11) is 0. The molecular formula is C23H26N2O2. The minimum Gasteiger partial charge on any atom is -0.623 e. The first-order chi connectivity index (χ1) is 13.1. The van der Waals surface area contributed by atoms with Crippen LogP contribution in [0.15, 0.2) is 72.8 Å². The number of carbonyl (C=O) groups is 1. The van der Waals surface area contributed by atoms with Crippen LogP contribution in [0.2, 0.25) is 0 Å². The quantitative estimate of drug-likeness (QED) is 0.443. The monoisotopic (exact) mass is 362 g/mol. The van der Waals surface area contributed by atoms with E-state index in [0.29, 0.717) is 18.8 Å². The largest absolute Gasteiger partial charge is 0.623 e. The van der Waals surface area contributed by atoms with Crippen LogP contribution in [0.4, 0.5) is 0 Å². The Kier molecular flexibility index (Phi) is 5.45. The van der Waals surface area contributed by atoms with Gasteiger partial charge < -0.3 is 10.1 Å². The molecule has 4 nitrogen and oxygen atoms in total. The lowest BCUT2D eigenvalue weighted by Gasteiger charge is -2.45. The van der Waals surface area contributed by atoms with E-state index >= 15 is 0 Å². The Labute approximate surface area is 161 Å². The van der Waals surface area contributed by atoms with Gasteiger partial charge in [-0.3, -0.25) is 4.79 Å². The molecule has 0 N–H and O–H groups in total. The highest BCUT2D eigenvalue weighted by atomic mass is 16.5. The van der Waals surface area contributed by atoms with Crippen molar-refractivity contribution in [1.82, 2.24) is 4.90 Å². The van der Waals surface area contributed by atoms with Crippen LogP contribution in [0.3, 0.4) is 0 Å². The number of hydroxylamine groups is 1. The smallest absolute Gasteiger partial charge is 0.301 e. The van der Waals surface area contributed by atoms with E-state index < -0.39 is 5.54 Å². The van der Waals surface area contributed by atoms with Crippen molar-refractivity contribution in [1.29, 1.82) is 0 Å². The van der Waals surface area contributed by atoms with E-state index in [1.54, 1.807) is 11.0 Å². The van der Waals surface area contributed by atoms with Gasteiger partial charge in [0.2, 0.25) is 5.71 Å². The zero-order valence-electron chi connectivity index (χ0n) is 16.1. The number of hydrogen-bond donors (Lipinski definition) is 0. The van der Waals surface area contributed by atoms with Gasteiger partial charge in [-0.15, -0.1) is 0 Å². The maximum atomic E-state index is 13.5. The van der Waals surface area contributed by atoms with Crippen LogP contribution in [0.25, 0.3) is 0 Å². The third-order valence-corrected chi connectivity index (χ3v) is 5.28. The molecule has 0 fully saturated rings. The van der Waals surface area contributed by atoms with E-state index in [1.807, 2.05) is 87.5 Å². The molecule has 0 aliphatic carbocycles. The van der Waals surface area contributed by atoms with Gasteiger partial charge in [-0.25, -0.2) is 0 Å². The summed E-state index contributed by atoms with van der Waals surface area (Å²) in [6.45, 7) is 6.89. The normalized spacial score (nSPS) is 22.0. The maximum absolute atomic E-state index is 13.5. The summed E-state index contributed by atoms with van der Waals surface area (Å²) >= 11 is 0. The maximum Gasteiger partial charge on any atom is 0.301 e. The number of likely N-dealkylation sites (N-methyl/N-ethyl adjacent to an activating group) is 1. The predicted molar refractivity (Wildman–Crippen MR) is 109 cm³/mol. The van der Waals surface area contributed by atoms with Gasteiger partial charge in [0, 0.05) is 18.7 Å². The van der Waals surface area contributed by atoms with E-state index in [4.69, 9.17) is 0 Å². The van der Waals surface area contributed by atoms with Gasteiger partial charge in [0.05, 0.1) is 0 Å². The van der Waals surface area contributed by atoms with Crippen molar-refractivity contribution in [3.8, 4) is 0 Å². The van der Waals surface area contributed by atoms with Gasteiger partial charge in [0.25, 0.3) is 5.54 Å². The van der Waals surface area contributed by atoms with Crippen molar-refractivity contribution in [2.24, 2.45) is 0 Å². The third-order valence-electron chi connectivity index (χ3n) is 5.28. The van der Waals surface area contributed by atoms with Crippen molar-refractivity contribution in [2.45, 2.75) is 32.2 Å². The highest BCUT2D eigenvalue weighted by molar-refractivity contribution is 6.11. The second-order valence-corrected chi connectivity index (χ2v) is 6.69. The summed E-state index contributed by atoms with van der Waals surface area (Å²) in [4.78, 5) is 15.2. The molecule has 2 aromatic carbocycles. The summed E-state index contributed by atoms with van der Waals surface area (Å²) in [5.74, 6) is -0.461. The molecule has 3 rings (SSSR count). The van der Waals surface area contributed by atoms with E-state index in [0.717, 1.165) is 15.9 Å². The van der Waals surface area contributed by atoms with Crippen LogP contribution in [0.1, 0.15) is 37.8 Å². The molecule has 0 saturated heterocycles. The molecule has 0 spiro atoms. The topological polar surface area (TPSA) is 46.4 Å². The van der Waals surface area contributed by atoms with Crippen molar-refractivity contribution in [3.05, 3.63) is 89.1 Å². The van der Waals surface area contributed by atoms with E-state index in [-0.39, 0.29) is 11.8 Å². The Balaban J connectivity index is 2.24. The molecule has 1 heterocycles. The number of allylic oxidation sites excluding steroid dienone is 1. The first kappa shape index (κ1) is 18.9. The number of hydrogen-bond acceptors (Lipinski definition) is 2. The minimum atomic E-state index is -1.24. The molecule has 1 aliphatic rings. The summed E-state index contributed by atoms with van der Waals surface area (Å²) in [6.07, 6.45) is 3.58.